The van der Waals surface area contributed by atoms with E-state index in [1.54, 1.807) is 4.90 Å². The molecule has 0 aliphatic carbocycles. The second-order valence-electron chi connectivity index (χ2n) is 9.19. The number of alkyl halides is 3. The molecule has 0 saturated carbocycles. The van der Waals surface area contributed by atoms with E-state index in [1.807, 2.05) is 30.5 Å². The number of aromatic nitrogens is 1. The second kappa shape index (κ2) is 11.7. The normalized spacial score (nSPS) is 13.5. The van der Waals surface area contributed by atoms with Crippen LogP contribution in [0.25, 0.3) is 10.8 Å². The van der Waals surface area contributed by atoms with Crippen LogP contribution in [-0.4, -0.2) is 61.8 Å². The first kappa shape index (κ1) is 28.7. The summed E-state index contributed by atoms with van der Waals surface area (Å²) in [6, 6.07) is 16.1. The van der Waals surface area contributed by atoms with Crippen LogP contribution < -0.4 is 5.43 Å². The van der Waals surface area contributed by atoms with Gasteiger partial charge >= 0.3 is 12.1 Å². The molecule has 0 saturated heterocycles. The largest absolute Gasteiger partial charge is 0.503 e. The van der Waals surface area contributed by atoms with Crippen LogP contribution in [0.3, 0.4) is 0 Å². The number of benzene rings is 2. The molecule has 204 valence electrons. The molecule has 0 unspecified atom stereocenters. The molecule has 0 atom stereocenters. The summed E-state index contributed by atoms with van der Waals surface area (Å²) in [7, 11) is 0. The van der Waals surface area contributed by atoms with Crippen LogP contribution in [0.5, 0.6) is 5.75 Å². The van der Waals surface area contributed by atoms with Gasteiger partial charge in [-0.3, -0.25) is 14.5 Å². The van der Waals surface area contributed by atoms with Crippen molar-refractivity contribution in [3.8, 4) is 5.75 Å². The van der Waals surface area contributed by atoms with Crippen molar-refractivity contribution in [2.45, 2.75) is 52.6 Å². The van der Waals surface area contributed by atoms with Gasteiger partial charge in [0.2, 0.25) is 5.43 Å². The number of halogens is 3. The van der Waals surface area contributed by atoms with Gasteiger partial charge in [0.25, 0.3) is 5.91 Å². The first-order valence-corrected chi connectivity index (χ1v) is 12.1. The Morgan fingerprint density at radius 2 is 1.68 bits per heavy atom. The summed E-state index contributed by atoms with van der Waals surface area (Å²) in [5.41, 5.74) is 1.60. The van der Waals surface area contributed by atoms with Crippen molar-refractivity contribution >= 4 is 22.6 Å². The fraction of sp³-hybridized carbons (Fsp3) is 0.370. The van der Waals surface area contributed by atoms with E-state index in [0.29, 0.717) is 19.6 Å². The van der Waals surface area contributed by atoms with Crippen LogP contribution in [0.1, 0.15) is 42.5 Å². The lowest BCUT2D eigenvalue weighted by atomic mass is 10.0. The Morgan fingerprint density at radius 3 is 2.29 bits per heavy atom. The van der Waals surface area contributed by atoms with Crippen LogP contribution in [0.15, 0.2) is 53.3 Å². The molecule has 1 amide bonds. The van der Waals surface area contributed by atoms with Crippen LogP contribution in [0.4, 0.5) is 13.2 Å². The number of rotatable bonds is 6. The third-order valence-electron chi connectivity index (χ3n) is 6.37. The van der Waals surface area contributed by atoms with Gasteiger partial charge in [-0.1, -0.05) is 49.4 Å². The molecule has 0 bridgehead atoms. The zero-order valence-corrected chi connectivity index (χ0v) is 21.3. The van der Waals surface area contributed by atoms with Crippen molar-refractivity contribution in [1.29, 1.82) is 0 Å². The SMILES string of the molecule is CCN(Cc1cccc2ccccc12)Cc1cc(=O)c(O)c2n1CCN(C(C)C)C2=O.O=C(O)C(F)(F)F. The molecule has 11 heteroatoms. The fourth-order valence-corrected chi connectivity index (χ4v) is 4.41. The molecular formula is C27H30F3N3O5. The molecule has 0 fully saturated rings. The first-order valence-electron chi connectivity index (χ1n) is 12.1. The molecule has 2 N–H and O–H groups in total. The van der Waals surface area contributed by atoms with Gasteiger partial charge < -0.3 is 19.7 Å². The molecule has 38 heavy (non-hydrogen) atoms. The van der Waals surface area contributed by atoms with E-state index in [1.165, 1.54) is 22.4 Å². The van der Waals surface area contributed by atoms with Crippen molar-refractivity contribution in [3.63, 3.8) is 0 Å². The lowest BCUT2D eigenvalue weighted by Gasteiger charge is -2.35. The number of hydrogen-bond acceptors (Lipinski definition) is 5. The van der Waals surface area contributed by atoms with Crippen molar-refractivity contribution in [2.24, 2.45) is 0 Å². The Bertz CT molecular complexity index is 1380. The van der Waals surface area contributed by atoms with Crippen LogP contribution in [0, 0.1) is 0 Å². The second-order valence-corrected chi connectivity index (χ2v) is 9.19. The standard InChI is InChI=1S/C25H29N3O3.C2HF3O2/c1-4-26(15-19-10-7-9-18-8-5-6-11-21(18)19)16-20-14-22(29)24(30)23-25(31)27(17(2)3)12-13-28(20)23;3-2(4,5)1(6)7/h5-11,14,17,30H,4,12-13,15-16H2,1-3H3;(H,6,7). The molecule has 1 aromatic heterocycles. The first-order chi connectivity index (χ1) is 17.8. The van der Waals surface area contributed by atoms with Crippen molar-refractivity contribution in [1.82, 2.24) is 14.4 Å². The van der Waals surface area contributed by atoms with Gasteiger partial charge in [-0.25, -0.2) is 4.79 Å². The molecular weight excluding hydrogens is 503 g/mol. The van der Waals surface area contributed by atoms with Crippen LogP contribution in [0.2, 0.25) is 0 Å². The number of hydrogen-bond donors (Lipinski definition) is 2. The predicted octanol–water partition coefficient (Wildman–Crippen LogP) is 4.23. The quantitative estimate of drug-likeness (QED) is 0.492. The number of nitrogens with zero attached hydrogens (tertiary/aromatic N) is 3. The number of amides is 1. The zero-order valence-electron chi connectivity index (χ0n) is 21.3. The minimum atomic E-state index is -5.08. The number of carboxylic acid groups (broad SMARTS) is 1. The van der Waals surface area contributed by atoms with E-state index in [-0.39, 0.29) is 17.6 Å². The van der Waals surface area contributed by atoms with Gasteiger partial charge in [0, 0.05) is 44.0 Å². The lowest BCUT2D eigenvalue weighted by molar-refractivity contribution is -0.192. The highest BCUT2D eigenvalue weighted by molar-refractivity contribution is 5.96. The van der Waals surface area contributed by atoms with E-state index in [2.05, 4.69) is 42.2 Å². The maximum atomic E-state index is 13.0. The smallest absolute Gasteiger partial charge is 0.490 e. The maximum absolute atomic E-state index is 13.0. The van der Waals surface area contributed by atoms with E-state index in [0.717, 1.165) is 18.8 Å². The van der Waals surface area contributed by atoms with Gasteiger partial charge in [0.1, 0.15) is 0 Å². The Kier molecular flexibility index (Phi) is 8.82. The highest BCUT2D eigenvalue weighted by atomic mass is 19.4. The van der Waals surface area contributed by atoms with E-state index < -0.39 is 23.3 Å². The molecule has 0 spiro atoms. The number of carbonyl (C=O) groups excluding carboxylic acids is 1. The Balaban J connectivity index is 0.000000505. The number of carbonyl (C=O) groups is 2. The average Bonchev–Trinajstić information content (AvgIpc) is 2.86. The van der Waals surface area contributed by atoms with Crippen LogP contribution >= 0.6 is 0 Å². The summed E-state index contributed by atoms with van der Waals surface area (Å²) in [5, 5.41) is 19.9. The Hall–Kier alpha value is -3.86. The molecule has 3 aromatic rings. The Morgan fingerprint density at radius 1 is 1.05 bits per heavy atom. The van der Waals surface area contributed by atoms with Gasteiger partial charge in [0.15, 0.2) is 11.4 Å². The number of aromatic hydroxyl groups is 1. The highest BCUT2D eigenvalue weighted by Gasteiger charge is 2.38. The average molecular weight is 534 g/mol. The molecule has 2 aromatic carbocycles. The van der Waals surface area contributed by atoms with E-state index >= 15 is 0 Å². The maximum Gasteiger partial charge on any atom is 0.490 e. The van der Waals surface area contributed by atoms with Gasteiger partial charge in [-0.2, -0.15) is 13.2 Å². The summed E-state index contributed by atoms with van der Waals surface area (Å²) >= 11 is 0. The van der Waals surface area contributed by atoms with Crippen LogP contribution in [-0.2, 0) is 24.4 Å². The molecule has 1 aliphatic heterocycles. The van der Waals surface area contributed by atoms with E-state index in [9.17, 15) is 27.9 Å². The topological polar surface area (TPSA) is 103 Å². The third-order valence-corrected chi connectivity index (χ3v) is 6.37. The predicted molar refractivity (Wildman–Crippen MR) is 136 cm³/mol. The summed E-state index contributed by atoms with van der Waals surface area (Å²) in [5.74, 6) is -3.49. The van der Waals surface area contributed by atoms with Gasteiger partial charge in [0.05, 0.1) is 0 Å². The summed E-state index contributed by atoms with van der Waals surface area (Å²) < 4.78 is 33.6. The van der Waals surface area contributed by atoms with Gasteiger partial charge in [-0.05, 0) is 36.7 Å². The number of pyridine rings is 1. The van der Waals surface area contributed by atoms with Gasteiger partial charge in [-0.15, -0.1) is 0 Å². The lowest BCUT2D eigenvalue weighted by Crippen LogP contribution is -2.46. The van der Waals surface area contributed by atoms with Crippen molar-refractivity contribution < 1.29 is 33.0 Å². The minimum absolute atomic E-state index is 0.0120. The van der Waals surface area contributed by atoms with Crippen molar-refractivity contribution in [2.75, 3.05) is 13.1 Å². The number of fused-ring (bicyclic) bond motifs is 2. The zero-order chi connectivity index (χ0) is 28.2. The minimum Gasteiger partial charge on any atom is -0.503 e. The summed E-state index contributed by atoms with van der Waals surface area (Å²) in [6.45, 7) is 9.14. The van der Waals surface area contributed by atoms with E-state index in [4.69, 9.17) is 9.90 Å². The molecule has 8 nitrogen and oxygen atoms in total. The Labute approximate surface area is 217 Å². The van der Waals surface area contributed by atoms with Crippen molar-refractivity contribution in [3.05, 3.63) is 75.7 Å². The third kappa shape index (κ3) is 6.34. The summed E-state index contributed by atoms with van der Waals surface area (Å²) in [4.78, 5) is 38.3. The molecule has 4 rings (SSSR count). The molecule has 1 aliphatic rings. The number of carboxylic acids is 1. The highest BCUT2D eigenvalue weighted by Crippen LogP contribution is 2.25. The fourth-order valence-electron chi connectivity index (χ4n) is 4.41. The number of aliphatic carboxylic acids is 1. The molecule has 0 radical (unpaired) electrons. The molecule has 2 heterocycles. The summed E-state index contributed by atoms with van der Waals surface area (Å²) in [6.07, 6.45) is -5.08. The monoisotopic (exact) mass is 533 g/mol.